The third-order valence-electron chi connectivity index (χ3n) is 10.7. The summed E-state index contributed by atoms with van der Waals surface area (Å²) in [5, 5.41) is 9.77. The molecular weight excluding hydrogens is 596 g/mol. The van der Waals surface area contributed by atoms with Gasteiger partial charge in [-0.15, -0.1) is 0 Å². The maximum Gasteiger partial charge on any atom is 0.305 e. The Labute approximate surface area is 298 Å². The molecule has 0 spiro atoms. The van der Waals surface area contributed by atoms with Crippen LogP contribution >= 0.6 is 0 Å². The van der Waals surface area contributed by atoms with E-state index in [9.17, 15) is 14.7 Å². The van der Waals surface area contributed by atoms with Gasteiger partial charge in [-0.05, 0) is 77.3 Å². The van der Waals surface area contributed by atoms with Crippen LogP contribution in [0.5, 0.6) is 0 Å². The number of aliphatic hydroxyl groups is 1. The summed E-state index contributed by atoms with van der Waals surface area (Å²) in [5.41, 5.74) is 0. The number of aliphatic hydroxyl groups excluding tert-OH is 1. The van der Waals surface area contributed by atoms with E-state index in [2.05, 4.69) is 23.6 Å². The van der Waals surface area contributed by atoms with Crippen molar-refractivity contribution in [1.82, 2.24) is 9.80 Å². The maximum absolute atomic E-state index is 12.7. The standard InChI is InChI=1S/C42H82N2O4/c1-4-6-8-10-12-19-27-40(28-20-13-11-9-7-5-2)38-48-42(47)31-23-17-24-32-43(36-37-45)34-35-44(33-25-16-18-26-39(3)46)41-29-21-14-15-22-30-41/h40-41,45H,4-38H2,1-3H3. The highest BCUT2D eigenvalue weighted by Gasteiger charge is 2.21. The molecule has 1 aliphatic rings. The van der Waals surface area contributed by atoms with Gasteiger partial charge in [0.1, 0.15) is 5.78 Å². The molecule has 0 unspecified atom stereocenters. The summed E-state index contributed by atoms with van der Waals surface area (Å²) in [4.78, 5) is 29.2. The monoisotopic (exact) mass is 679 g/mol. The molecule has 0 bridgehead atoms. The molecule has 1 saturated carbocycles. The Bertz CT molecular complexity index is 708. The fraction of sp³-hybridized carbons (Fsp3) is 0.952. The molecule has 284 valence electrons. The summed E-state index contributed by atoms with van der Waals surface area (Å²) in [7, 11) is 0. The molecule has 1 rings (SSSR count). The van der Waals surface area contributed by atoms with Gasteiger partial charge in [-0.25, -0.2) is 0 Å². The fourth-order valence-corrected chi connectivity index (χ4v) is 7.51. The van der Waals surface area contributed by atoms with E-state index in [4.69, 9.17) is 4.74 Å². The zero-order valence-corrected chi connectivity index (χ0v) is 32.5. The van der Waals surface area contributed by atoms with Gasteiger partial charge in [0.2, 0.25) is 0 Å². The first kappa shape index (κ1) is 45.0. The van der Waals surface area contributed by atoms with Crippen LogP contribution in [0.25, 0.3) is 0 Å². The largest absolute Gasteiger partial charge is 0.465 e. The molecule has 6 nitrogen and oxygen atoms in total. The van der Waals surface area contributed by atoms with Crippen LogP contribution < -0.4 is 0 Å². The number of rotatable bonds is 34. The molecule has 0 aromatic heterocycles. The molecule has 48 heavy (non-hydrogen) atoms. The number of hydrogen-bond acceptors (Lipinski definition) is 6. The molecular formula is C42H82N2O4. The van der Waals surface area contributed by atoms with Gasteiger partial charge in [0.05, 0.1) is 13.2 Å². The number of ether oxygens (including phenoxy) is 1. The quantitative estimate of drug-likeness (QED) is 0.0415. The third-order valence-corrected chi connectivity index (χ3v) is 10.7. The lowest BCUT2D eigenvalue weighted by Gasteiger charge is -2.33. The lowest BCUT2D eigenvalue weighted by Crippen LogP contribution is -2.42. The van der Waals surface area contributed by atoms with Crippen LogP contribution in [-0.4, -0.2) is 78.6 Å². The molecule has 1 fully saturated rings. The highest BCUT2D eigenvalue weighted by molar-refractivity contribution is 5.75. The number of nitrogens with zero attached hydrogens (tertiary/aromatic N) is 2. The topological polar surface area (TPSA) is 70.1 Å². The Morgan fingerprint density at radius 2 is 1.17 bits per heavy atom. The summed E-state index contributed by atoms with van der Waals surface area (Å²) in [6.45, 7) is 11.9. The van der Waals surface area contributed by atoms with E-state index in [-0.39, 0.29) is 12.6 Å². The average Bonchev–Trinajstić information content (AvgIpc) is 3.36. The van der Waals surface area contributed by atoms with Crippen molar-refractivity contribution in [2.45, 2.75) is 207 Å². The minimum absolute atomic E-state index is 0.0135. The molecule has 6 heteroatoms. The molecule has 0 radical (unpaired) electrons. The van der Waals surface area contributed by atoms with Crippen LogP contribution in [0.3, 0.4) is 0 Å². The van der Waals surface area contributed by atoms with Crippen LogP contribution in [0, 0.1) is 5.92 Å². The molecule has 0 atom stereocenters. The fourth-order valence-electron chi connectivity index (χ4n) is 7.51. The van der Waals surface area contributed by atoms with Gasteiger partial charge < -0.3 is 14.6 Å². The second kappa shape index (κ2) is 33.2. The smallest absolute Gasteiger partial charge is 0.305 e. The summed E-state index contributed by atoms with van der Waals surface area (Å²) >= 11 is 0. The van der Waals surface area contributed by atoms with E-state index in [1.54, 1.807) is 6.92 Å². The van der Waals surface area contributed by atoms with Gasteiger partial charge in [0, 0.05) is 38.5 Å². The van der Waals surface area contributed by atoms with Crippen LogP contribution in [0.4, 0.5) is 0 Å². The van der Waals surface area contributed by atoms with E-state index in [0.717, 1.165) is 64.8 Å². The number of carbonyl (C=O) groups is 2. The lowest BCUT2D eigenvalue weighted by molar-refractivity contribution is -0.145. The Morgan fingerprint density at radius 3 is 1.75 bits per heavy atom. The number of carbonyl (C=O) groups excluding carboxylic acids is 2. The molecule has 1 aliphatic carbocycles. The molecule has 0 heterocycles. The number of esters is 1. The van der Waals surface area contributed by atoms with Crippen molar-refractivity contribution in [3.05, 3.63) is 0 Å². The molecule has 0 amide bonds. The molecule has 0 aromatic carbocycles. The van der Waals surface area contributed by atoms with Gasteiger partial charge >= 0.3 is 5.97 Å². The second-order valence-electron chi connectivity index (χ2n) is 15.2. The normalized spacial score (nSPS) is 14.3. The van der Waals surface area contributed by atoms with E-state index >= 15 is 0 Å². The number of unbranched alkanes of at least 4 members (excludes halogenated alkanes) is 14. The first-order valence-corrected chi connectivity index (χ1v) is 21.2. The predicted molar refractivity (Wildman–Crippen MR) is 205 cm³/mol. The van der Waals surface area contributed by atoms with E-state index in [1.807, 2.05) is 0 Å². The van der Waals surface area contributed by atoms with Crippen LogP contribution in [0.2, 0.25) is 0 Å². The van der Waals surface area contributed by atoms with Crippen molar-refractivity contribution in [2.24, 2.45) is 5.92 Å². The number of Topliss-reactive ketones (excluding diaryl/α,β-unsaturated/α-hetero) is 1. The number of hydrogen-bond donors (Lipinski definition) is 1. The van der Waals surface area contributed by atoms with Gasteiger partial charge in [0.15, 0.2) is 0 Å². The minimum atomic E-state index is -0.0135. The molecule has 0 aromatic rings. The zero-order valence-electron chi connectivity index (χ0n) is 32.5. The Balaban J connectivity index is 2.39. The average molecular weight is 679 g/mol. The SMILES string of the molecule is CCCCCCCCC(CCCCCCCC)COC(=O)CCCCCN(CCO)CCN(CCCCCC(C)=O)C1CCCCCC1. The molecule has 1 N–H and O–H groups in total. The van der Waals surface area contributed by atoms with Crippen LogP contribution in [-0.2, 0) is 14.3 Å². The third kappa shape index (κ3) is 26.8. The van der Waals surface area contributed by atoms with Gasteiger partial charge in [-0.2, -0.15) is 0 Å². The zero-order chi connectivity index (χ0) is 34.9. The van der Waals surface area contributed by atoms with Gasteiger partial charge in [-0.1, -0.05) is 129 Å². The summed E-state index contributed by atoms with van der Waals surface area (Å²) < 4.78 is 5.85. The lowest BCUT2D eigenvalue weighted by atomic mass is 9.94. The van der Waals surface area contributed by atoms with Crippen molar-refractivity contribution in [1.29, 1.82) is 0 Å². The van der Waals surface area contributed by atoms with Crippen molar-refractivity contribution >= 4 is 11.8 Å². The highest BCUT2D eigenvalue weighted by Crippen LogP contribution is 2.23. The van der Waals surface area contributed by atoms with Gasteiger partial charge in [-0.3, -0.25) is 14.6 Å². The first-order chi connectivity index (χ1) is 23.5. The van der Waals surface area contributed by atoms with E-state index in [0.29, 0.717) is 37.2 Å². The Morgan fingerprint density at radius 1 is 0.625 bits per heavy atom. The Kier molecular flexibility index (Phi) is 31.1. The number of ketones is 1. The van der Waals surface area contributed by atoms with Crippen molar-refractivity contribution in [3.8, 4) is 0 Å². The van der Waals surface area contributed by atoms with Crippen molar-refractivity contribution in [3.63, 3.8) is 0 Å². The van der Waals surface area contributed by atoms with Crippen molar-refractivity contribution < 1.29 is 19.4 Å². The maximum atomic E-state index is 12.7. The van der Waals surface area contributed by atoms with Crippen LogP contribution in [0.15, 0.2) is 0 Å². The summed E-state index contributed by atoms with van der Waals surface area (Å²) in [6.07, 6.45) is 33.8. The molecule has 0 saturated heterocycles. The predicted octanol–water partition coefficient (Wildman–Crippen LogP) is 10.7. The minimum Gasteiger partial charge on any atom is -0.465 e. The Hall–Kier alpha value is -0.980. The summed E-state index contributed by atoms with van der Waals surface area (Å²) in [6, 6.07) is 0.679. The second-order valence-corrected chi connectivity index (χ2v) is 15.2. The summed E-state index contributed by atoms with van der Waals surface area (Å²) in [5.74, 6) is 0.815. The first-order valence-electron chi connectivity index (χ1n) is 21.2. The van der Waals surface area contributed by atoms with Gasteiger partial charge in [0.25, 0.3) is 0 Å². The van der Waals surface area contributed by atoms with Crippen molar-refractivity contribution in [2.75, 3.05) is 45.9 Å². The highest BCUT2D eigenvalue weighted by atomic mass is 16.5. The van der Waals surface area contributed by atoms with E-state index < -0.39 is 0 Å². The van der Waals surface area contributed by atoms with E-state index in [1.165, 1.54) is 135 Å². The molecule has 0 aliphatic heterocycles. The van der Waals surface area contributed by atoms with Crippen LogP contribution in [0.1, 0.15) is 201 Å².